The number of carbonyl (C=O) groups excluding carboxylic acids is 1. The van der Waals surface area contributed by atoms with Gasteiger partial charge in [0.2, 0.25) is 0 Å². The second kappa shape index (κ2) is 3.49. The lowest BCUT2D eigenvalue weighted by Gasteiger charge is -1.99. The Morgan fingerprint density at radius 1 is 1.57 bits per heavy atom. The molecule has 14 heavy (non-hydrogen) atoms. The van der Waals surface area contributed by atoms with Crippen LogP contribution in [-0.4, -0.2) is 15.6 Å². The van der Waals surface area contributed by atoms with Crippen molar-refractivity contribution in [2.45, 2.75) is 13.5 Å². The second-order valence-corrected chi connectivity index (χ2v) is 2.98. The van der Waals surface area contributed by atoms with Crippen LogP contribution in [0.3, 0.4) is 0 Å². The summed E-state index contributed by atoms with van der Waals surface area (Å²) in [5.74, 6) is -0.278. The van der Waals surface area contributed by atoms with E-state index in [0.29, 0.717) is 0 Å². The lowest BCUT2D eigenvalue weighted by atomic mass is 10.3. The fourth-order valence-electron chi connectivity index (χ4n) is 1.28. The van der Waals surface area contributed by atoms with Crippen LogP contribution >= 0.6 is 0 Å². The van der Waals surface area contributed by atoms with Gasteiger partial charge in [-0.3, -0.25) is 4.79 Å². The first-order valence-electron chi connectivity index (χ1n) is 4.32. The standard InChI is InChI=1S/C10H10N2O2/c1-8(13)14-7-9-6-11-12-5-3-2-4-10(9)12/h2-6H,7H2,1H3. The highest BCUT2D eigenvalue weighted by Gasteiger charge is 2.03. The van der Waals surface area contributed by atoms with Crippen LogP contribution < -0.4 is 0 Å². The quantitative estimate of drug-likeness (QED) is 0.672. The summed E-state index contributed by atoms with van der Waals surface area (Å²) >= 11 is 0. The number of carbonyl (C=O) groups is 1. The maximum atomic E-state index is 10.6. The van der Waals surface area contributed by atoms with Crippen LogP contribution in [0, 0.1) is 0 Å². The molecule has 2 heterocycles. The van der Waals surface area contributed by atoms with E-state index in [1.54, 1.807) is 10.7 Å². The Kier molecular flexibility index (Phi) is 2.18. The van der Waals surface area contributed by atoms with Crippen molar-refractivity contribution in [1.82, 2.24) is 9.61 Å². The van der Waals surface area contributed by atoms with Crippen molar-refractivity contribution in [2.24, 2.45) is 0 Å². The monoisotopic (exact) mass is 190 g/mol. The maximum absolute atomic E-state index is 10.6. The van der Waals surface area contributed by atoms with Crippen LogP contribution in [0.4, 0.5) is 0 Å². The summed E-state index contributed by atoms with van der Waals surface area (Å²) in [5, 5.41) is 4.12. The minimum absolute atomic E-state index is 0.278. The lowest BCUT2D eigenvalue weighted by molar-refractivity contribution is -0.142. The van der Waals surface area contributed by atoms with E-state index in [4.69, 9.17) is 4.74 Å². The van der Waals surface area contributed by atoms with E-state index in [2.05, 4.69) is 5.10 Å². The van der Waals surface area contributed by atoms with Gasteiger partial charge in [0.25, 0.3) is 0 Å². The normalized spacial score (nSPS) is 10.4. The number of nitrogens with zero attached hydrogens (tertiary/aromatic N) is 2. The summed E-state index contributed by atoms with van der Waals surface area (Å²) in [6, 6.07) is 5.76. The number of hydrogen-bond donors (Lipinski definition) is 0. The molecule has 0 unspecified atom stereocenters. The minimum atomic E-state index is -0.278. The van der Waals surface area contributed by atoms with Crippen LogP contribution in [0.2, 0.25) is 0 Å². The number of aromatic nitrogens is 2. The third kappa shape index (κ3) is 1.59. The van der Waals surface area contributed by atoms with E-state index in [1.807, 2.05) is 24.4 Å². The third-order valence-corrected chi connectivity index (χ3v) is 1.94. The van der Waals surface area contributed by atoms with Gasteiger partial charge in [-0.15, -0.1) is 0 Å². The zero-order valence-corrected chi connectivity index (χ0v) is 7.80. The number of hydrogen-bond acceptors (Lipinski definition) is 3. The van der Waals surface area contributed by atoms with Crippen LogP contribution in [0.15, 0.2) is 30.6 Å². The molecule has 0 bridgehead atoms. The van der Waals surface area contributed by atoms with Crippen molar-refractivity contribution < 1.29 is 9.53 Å². The molecule has 4 heteroatoms. The first-order chi connectivity index (χ1) is 6.77. The molecule has 2 aromatic rings. The molecule has 0 aliphatic carbocycles. The van der Waals surface area contributed by atoms with Crippen LogP contribution in [0.5, 0.6) is 0 Å². The molecule has 0 fully saturated rings. The molecule has 0 atom stereocenters. The summed E-state index contributed by atoms with van der Waals surface area (Å²) in [7, 11) is 0. The highest BCUT2D eigenvalue weighted by molar-refractivity contribution is 5.66. The summed E-state index contributed by atoms with van der Waals surface area (Å²) in [5.41, 5.74) is 1.88. The minimum Gasteiger partial charge on any atom is -0.461 e. The predicted octanol–water partition coefficient (Wildman–Crippen LogP) is 1.40. The lowest BCUT2D eigenvalue weighted by Crippen LogP contribution is -1.98. The van der Waals surface area contributed by atoms with E-state index in [0.717, 1.165) is 11.1 Å². The molecule has 0 aliphatic heterocycles. The molecule has 0 aromatic carbocycles. The van der Waals surface area contributed by atoms with E-state index < -0.39 is 0 Å². The molecular formula is C10H10N2O2. The average Bonchev–Trinajstić information content (AvgIpc) is 2.58. The van der Waals surface area contributed by atoms with Crippen molar-refractivity contribution in [1.29, 1.82) is 0 Å². The van der Waals surface area contributed by atoms with Crippen molar-refractivity contribution in [3.63, 3.8) is 0 Å². The highest BCUT2D eigenvalue weighted by Crippen LogP contribution is 2.10. The molecule has 0 saturated carbocycles. The van der Waals surface area contributed by atoms with Gasteiger partial charge in [-0.05, 0) is 12.1 Å². The summed E-state index contributed by atoms with van der Waals surface area (Å²) in [6.07, 6.45) is 3.56. The van der Waals surface area contributed by atoms with Crippen molar-refractivity contribution in [3.8, 4) is 0 Å². The Bertz CT molecular complexity index is 462. The van der Waals surface area contributed by atoms with Crippen molar-refractivity contribution >= 4 is 11.5 Å². The molecule has 0 aliphatic rings. The van der Waals surface area contributed by atoms with Gasteiger partial charge in [0, 0.05) is 18.7 Å². The summed E-state index contributed by atoms with van der Waals surface area (Å²) in [4.78, 5) is 10.6. The van der Waals surface area contributed by atoms with E-state index in [1.165, 1.54) is 6.92 Å². The second-order valence-electron chi connectivity index (χ2n) is 2.98. The Morgan fingerprint density at radius 2 is 2.43 bits per heavy atom. The third-order valence-electron chi connectivity index (χ3n) is 1.94. The SMILES string of the molecule is CC(=O)OCc1cnn2ccccc12. The summed E-state index contributed by atoms with van der Waals surface area (Å²) < 4.78 is 6.65. The highest BCUT2D eigenvalue weighted by atomic mass is 16.5. The van der Waals surface area contributed by atoms with Gasteiger partial charge < -0.3 is 4.74 Å². The molecule has 72 valence electrons. The van der Waals surface area contributed by atoms with Gasteiger partial charge >= 0.3 is 5.97 Å². The maximum Gasteiger partial charge on any atom is 0.302 e. The molecule has 0 radical (unpaired) electrons. The Morgan fingerprint density at radius 3 is 3.21 bits per heavy atom. The molecule has 2 aromatic heterocycles. The molecule has 2 rings (SSSR count). The fraction of sp³-hybridized carbons (Fsp3) is 0.200. The molecular weight excluding hydrogens is 180 g/mol. The zero-order valence-electron chi connectivity index (χ0n) is 7.80. The topological polar surface area (TPSA) is 43.6 Å². The van der Waals surface area contributed by atoms with E-state index >= 15 is 0 Å². The number of fused-ring (bicyclic) bond motifs is 1. The van der Waals surface area contributed by atoms with Crippen LogP contribution in [-0.2, 0) is 16.1 Å². The van der Waals surface area contributed by atoms with Gasteiger partial charge in [-0.2, -0.15) is 5.10 Å². The van der Waals surface area contributed by atoms with Crippen LogP contribution in [0.1, 0.15) is 12.5 Å². The zero-order chi connectivity index (χ0) is 9.97. The number of pyridine rings is 1. The van der Waals surface area contributed by atoms with E-state index in [9.17, 15) is 4.79 Å². The number of esters is 1. The molecule has 4 nitrogen and oxygen atoms in total. The first kappa shape index (κ1) is 8.74. The summed E-state index contributed by atoms with van der Waals surface area (Å²) in [6.45, 7) is 1.68. The molecule has 0 amide bonds. The van der Waals surface area contributed by atoms with Gasteiger partial charge in [-0.1, -0.05) is 6.07 Å². The molecule has 0 spiro atoms. The molecule has 0 N–H and O–H groups in total. The molecule has 0 saturated heterocycles. The Hall–Kier alpha value is -1.84. The van der Waals surface area contributed by atoms with Gasteiger partial charge in [0.1, 0.15) is 6.61 Å². The number of rotatable bonds is 2. The first-order valence-corrected chi connectivity index (χ1v) is 4.32. The van der Waals surface area contributed by atoms with Crippen molar-refractivity contribution in [3.05, 3.63) is 36.2 Å². The van der Waals surface area contributed by atoms with Gasteiger partial charge in [0.15, 0.2) is 0 Å². The van der Waals surface area contributed by atoms with Crippen molar-refractivity contribution in [2.75, 3.05) is 0 Å². The number of ether oxygens (including phenoxy) is 1. The Balaban J connectivity index is 2.29. The van der Waals surface area contributed by atoms with Crippen LogP contribution in [0.25, 0.3) is 5.52 Å². The van der Waals surface area contributed by atoms with Gasteiger partial charge in [0.05, 0.1) is 11.7 Å². The smallest absolute Gasteiger partial charge is 0.302 e. The van der Waals surface area contributed by atoms with Gasteiger partial charge in [-0.25, -0.2) is 4.52 Å². The largest absolute Gasteiger partial charge is 0.461 e. The van der Waals surface area contributed by atoms with E-state index in [-0.39, 0.29) is 12.6 Å². The fourth-order valence-corrected chi connectivity index (χ4v) is 1.28. The predicted molar refractivity (Wildman–Crippen MR) is 50.7 cm³/mol. The Labute approximate surface area is 81.1 Å². The average molecular weight is 190 g/mol.